The first kappa shape index (κ1) is 19.8. The first-order valence-electron chi connectivity index (χ1n) is 11.8. The Labute approximate surface area is 175 Å². The molecule has 0 unspecified atom stereocenters. The highest BCUT2D eigenvalue weighted by atomic mass is 16.3. The molecule has 0 aromatic carbocycles. The molecule has 3 fully saturated rings. The maximum Gasteiger partial charge on any atom is 0.107 e. The van der Waals surface area contributed by atoms with Crippen LogP contribution in [0.2, 0.25) is 0 Å². The quantitative estimate of drug-likeness (QED) is 0.674. The molecule has 4 aliphatic carbocycles. The van der Waals surface area contributed by atoms with Crippen LogP contribution in [0.15, 0.2) is 36.0 Å². The molecular formula is C26H37NO2. The fraction of sp³-hybridized carbons (Fsp3) is 0.731. The number of hydrogen-bond donors (Lipinski definition) is 2. The minimum atomic E-state index is -0.869. The largest absolute Gasteiger partial charge is 0.393 e. The molecule has 8 atom stereocenters. The summed E-state index contributed by atoms with van der Waals surface area (Å²) in [5, 5.41) is 21.9. The summed E-state index contributed by atoms with van der Waals surface area (Å²) in [5.74, 6) is 2.42. The van der Waals surface area contributed by atoms with E-state index in [4.69, 9.17) is 0 Å². The molecule has 4 aliphatic rings. The Morgan fingerprint density at radius 2 is 1.90 bits per heavy atom. The molecule has 0 spiro atoms. The van der Waals surface area contributed by atoms with Gasteiger partial charge in [-0.25, -0.2) is 0 Å². The molecule has 3 heteroatoms. The molecule has 0 radical (unpaired) electrons. The topological polar surface area (TPSA) is 53.4 Å². The van der Waals surface area contributed by atoms with Gasteiger partial charge in [0.1, 0.15) is 5.60 Å². The first-order chi connectivity index (χ1) is 13.8. The van der Waals surface area contributed by atoms with E-state index < -0.39 is 5.60 Å². The highest BCUT2D eigenvalue weighted by Crippen LogP contribution is 2.68. The van der Waals surface area contributed by atoms with Crippen molar-refractivity contribution in [2.45, 2.75) is 83.8 Å². The highest BCUT2D eigenvalue weighted by Gasteiger charge is 2.61. The molecule has 2 N–H and O–H groups in total. The number of hydrogen-bond acceptors (Lipinski definition) is 3. The number of pyridine rings is 1. The van der Waals surface area contributed by atoms with Gasteiger partial charge in [-0.1, -0.05) is 31.6 Å². The van der Waals surface area contributed by atoms with E-state index in [9.17, 15) is 10.2 Å². The molecule has 0 amide bonds. The van der Waals surface area contributed by atoms with Crippen molar-refractivity contribution in [1.29, 1.82) is 0 Å². The lowest BCUT2D eigenvalue weighted by Gasteiger charge is -2.58. The van der Waals surface area contributed by atoms with E-state index >= 15 is 0 Å². The van der Waals surface area contributed by atoms with Crippen LogP contribution in [0.3, 0.4) is 0 Å². The predicted octanol–water partition coefficient (Wildman–Crippen LogP) is 5.23. The minimum absolute atomic E-state index is 0.135. The van der Waals surface area contributed by atoms with Crippen molar-refractivity contribution in [3.05, 3.63) is 41.7 Å². The van der Waals surface area contributed by atoms with Gasteiger partial charge in [0, 0.05) is 6.20 Å². The lowest BCUT2D eigenvalue weighted by atomic mass is 9.46. The van der Waals surface area contributed by atoms with E-state index in [2.05, 4.69) is 24.9 Å². The Hall–Kier alpha value is -1.19. The monoisotopic (exact) mass is 395 g/mol. The maximum absolute atomic E-state index is 11.7. The molecule has 29 heavy (non-hydrogen) atoms. The van der Waals surface area contributed by atoms with Gasteiger partial charge in [-0.2, -0.15) is 0 Å². The van der Waals surface area contributed by atoms with Gasteiger partial charge in [0.25, 0.3) is 0 Å². The van der Waals surface area contributed by atoms with Crippen molar-refractivity contribution in [3.63, 3.8) is 0 Å². The summed E-state index contributed by atoms with van der Waals surface area (Å²) in [4.78, 5) is 4.53. The van der Waals surface area contributed by atoms with Crippen LogP contribution in [0.25, 0.3) is 0 Å². The van der Waals surface area contributed by atoms with E-state index in [0.29, 0.717) is 5.92 Å². The second kappa shape index (κ2) is 6.65. The zero-order chi connectivity index (χ0) is 20.4. The molecule has 158 valence electrons. The Morgan fingerprint density at radius 1 is 1.07 bits per heavy atom. The van der Waals surface area contributed by atoms with Gasteiger partial charge in [-0.05, 0) is 105 Å². The Bertz CT molecular complexity index is 802. The maximum atomic E-state index is 11.7. The number of rotatable bonds is 2. The van der Waals surface area contributed by atoms with E-state index in [1.54, 1.807) is 6.20 Å². The summed E-state index contributed by atoms with van der Waals surface area (Å²) in [6, 6.07) is 5.91. The zero-order valence-corrected chi connectivity index (χ0v) is 18.3. The number of aliphatic hydroxyl groups excluding tert-OH is 1. The Kier molecular flexibility index (Phi) is 4.53. The molecular weight excluding hydrogens is 358 g/mol. The van der Waals surface area contributed by atoms with Crippen molar-refractivity contribution in [2.24, 2.45) is 34.5 Å². The summed E-state index contributed by atoms with van der Waals surface area (Å²) < 4.78 is 0. The zero-order valence-electron chi connectivity index (χ0n) is 18.3. The van der Waals surface area contributed by atoms with Crippen molar-refractivity contribution in [3.8, 4) is 0 Å². The van der Waals surface area contributed by atoms with E-state index in [1.807, 2.05) is 25.1 Å². The summed E-state index contributed by atoms with van der Waals surface area (Å²) in [5.41, 5.74) is 1.96. The van der Waals surface area contributed by atoms with Gasteiger partial charge in [-0.3, -0.25) is 4.98 Å². The van der Waals surface area contributed by atoms with Crippen LogP contribution in [-0.4, -0.2) is 21.3 Å². The van der Waals surface area contributed by atoms with E-state index in [0.717, 1.165) is 43.2 Å². The van der Waals surface area contributed by atoms with Gasteiger partial charge in [0.15, 0.2) is 0 Å². The number of aromatic nitrogens is 1. The standard InChI is InChI=1S/C26H37NO2/c1-24-13-11-18(28)16-17(24)7-8-19-20-9-10-22(25(20,2)14-12-21(19)24)26(3,29)23-6-4-5-15-27-23/h4-7,15,18-22,28-29H,8-14,16H2,1-3H3/t18-,19-,20-,21-,22-,24-,25-,26+/m0/s1. The molecule has 0 saturated heterocycles. The lowest BCUT2D eigenvalue weighted by molar-refractivity contribution is -0.107. The van der Waals surface area contributed by atoms with Crippen LogP contribution in [0, 0.1) is 34.5 Å². The van der Waals surface area contributed by atoms with Crippen molar-refractivity contribution in [2.75, 3.05) is 0 Å². The third-order valence-corrected chi connectivity index (χ3v) is 9.94. The molecule has 1 aromatic heterocycles. The third kappa shape index (κ3) is 2.80. The highest BCUT2D eigenvalue weighted by molar-refractivity contribution is 5.26. The number of fused-ring (bicyclic) bond motifs is 5. The van der Waals surface area contributed by atoms with Crippen LogP contribution < -0.4 is 0 Å². The summed E-state index contributed by atoms with van der Waals surface area (Å²) >= 11 is 0. The number of allylic oxidation sites excluding steroid dienone is 1. The lowest BCUT2D eigenvalue weighted by Crippen LogP contribution is -2.52. The van der Waals surface area contributed by atoms with E-state index in [-0.39, 0.29) is 22.9 Å². The average Bonchev–Trinajstić information content (AvgIpc) is 3.07. The molecule has 1 aromatic rings. The van der Waals surface area contributed by atoms with Crippen LogP contribution in [0.5, 0.6) is 0 Å². The van der Waals surface area contributed by atoms with Gasteiger partial charge in [-0.15, -0.1) is 0 Å². The molecule has 3 saturated carbocycles. The molecule has 3 nitrogen and oxygen atoms in total. The van der Waals surface area contributed by atoms with Gasteiger partial charge in [0.05, 0.1) is 11.8 Å². The average molecular weight is 396 g/mol. The molecule has 1 heterocycles. The predicted molar refractivity (Wildman–Crippen MR) is 115 cm³/mol. The number of nitrogens with zero attached hydrogens (tertiary/aromatic N) is 1. The number of aliphatic hydroxyl groups is 2. The van der Waals surface area contributed by atoms with Crippen molar-refractivity contribution in [1.82, 2.24) is 4.98 Å². The normalized spacial score (nSPS) is 46.1. The summed E-state index contributed by atoms with van der Waals surface area (Å²) in [6.07, 6.45) is 13.1. The van der Waals surface area contributed by atoms with Crippen molar-refractivity contribution < 1.29 is 10.2 Å². The van der Waals surface area contributed by atoms with Crippen LogP contribution in [0.1, 0.15) is 77.8 Å². The smallest absolute Gasteiger partial charge is 0.107 e. The van der Waals surface area contributed by atoms with Crippen molar-refractivity contribution >= 4 is 0 Å². The van der Waals surface area contributed by atoms with E-state index in [1.165, 1.54) is 31.3 Å². The molecule has 0 aliphatic heterocycles. The fourth-order valence-corrected chi connectivity index (χ4v) is 8.41. The first-order valence-corrected chi connectivity index (χ1v) is 11.8. The van der Waals surface area contributed by atoms with Gasteiger partial charge < -0.3 is 10.2 Å². The second-order valence-corrected chi connectivity index (χ2v) is 11.2. The fourth-order valence-electron chi connectivity index (χ4n) is 8.41. The van der Waals surface area contributed by atoms with Gasteiger partial charge >= 0.3 is 0 Å². The molecule has 0 bridgehead atoms. The SMILES string of the molecule is C[C@]12CC[C@H]3[C@@H](CC=C4C[C@@H](O)CC[C@@]43C)[C@@H]1CC[C@@H]2[C@@](C)(O)c1ccccn1. The second-order valence-electron chi connectivity index (χ2n) is 11.2. The summed E-state index contributed by atoms with van der Waals surface area (Å²) in [6.45, 7) is 6.96. The summed E-state index contributed by atoms with van der Waals surface area (Å²) in [7, 11) is 0. The Morgan fingerprint density at radius 3 is 2.66 bits per heavy atom. The third-order valence-electron chi connectivity index (χ3n) is 9.94. The van der Waals surface area contributed by atoms with Gasteiger partial charge in [0.2, 0.25) is 0 Å². The van der Waals surface area contributed by atoms with Crippen LogP contribution >= 0.6 is 0 Å². The van der Waals surface area contributed by atoms with Crippen LogP contribution in [0.4, 0.5) is 0 Å². The molecule has 5 rings (SSSR count). The Balaban J connectivity index is 1.46. The minimum Gasteiger partial charge on any atom is -0.393 e. The van der Waals surface area contributed by atoms with Crippen LogP contribution in [-0.2, 0) is 5.60 Å².